The molecule has 0 saturated heterocycles. The van der Waals surface area contributed by atoms with Crippen LogP contribution in [-0.2, 0) is 14.3 Å². The zero-order chi connectivity index (χ0) is 20.0. The number of rotatable bonds is 7. The van der Waals surface area contributed by atoms with Gasteiger partial charge >= 0.3 is 5.97 Å². The van der Waals surface area contributed by atoms with E-state index in [9.17, 15) is 14.4 Å². The summed E-state index contributed by atoms with van der Waals surface area (Å²) in [5.41, 5.74) is 5.33. The topological polar surface area (TPSA) is 72.5 Å². The van der Waals surface area contributed by atoms with E-state index >= 15 is 0 Å². The van der Waals surface area contributed by atoms with Gasteiger partial charge in [0, 0.05) is 17.7 Å². The second-order valence-electron chi connectivity index (χ2n) is 6.70. The molecule has 0 spiro atoms. The van der Waals surface area contributed by atoms with Gasteiger partial charge in [-0.15, -0.1) is 0 Å². The highest BCUT2D eigenvalue weighted by Crippen LogP contribution is 2.19. The lowest BCUT2D eigenvalue weighted by Gasteiger charge is -2.11. The number of hydrogen-bond donors (Lipinski definition) is 1. The van der Waals surface area contributed by atoms with Crippen LogP contribution < -0.4 is 5.32 Å². The fourth-order valence-electron chi connectivity index (χ4n) is 2.68. The van der Waals surface area contributed by atoms with Crippen molar-refractivity contribution in [3.05, 3.63) is 64.2 Å². The van der Waals surface area contributed by atoms with E-state index < -0.39 is 11.9 Å². The molecule has 1 N–H and O–H groups in total. The predicted octanol–water partition coefficient (Wildman–Crippen LogP) is 4.07. The van der Waals surface area contributed by atoms with Crippen LogP contribution in [0.4, 0.5) is 5.69 Å². The van der Waals surface area contributed by atoms with E-state index in [0.717, 1.165) is 27.9 Å². The van der Waals surface area contributed by atoms with Crippen LogP contribution in [-0.4, -0.2) is 24.3 Å². The number of hydrogen-bond acceptors (Lipinski definition) is 4. The number of aryl methyl sites for hydroxylation is 4. The van der Waals surface area contributed by atoms with E-state index in [0.29, 0.717) is 5.56 Å². The number of ether oxygens (including phenoxy) is 1. The van der Waals surface area contributed by atoms with Gasteiger partial charge in [0.1, 0.15) is 0 Å². The second-order valence-corrected chi connectivity index (χ2v) is 6.70. The Hall–Kier alpha value is -2.95. The molecule has 27 heavy (non-hydrogen) atoms. The van der Waals surface area contributed by atoms with Crippen LogP contribution in [0, 0.1) is 27.7 Å². The van der Waals surface area contributed by atoms with Gasteiger partial charge < -0.3 is 10.1 Å². The van der Waals surface area contributed by atoms with E-state index in [-0.39, 0.29) is 25.2 Å². The Morgan fingerprint density at radius 2 is 1.52 bits per heavy atom. The molecule has 142 valence electrons. The molecule has 0 aliphatic carbocycles. The summed E-state index contributed by atoms with van der Waals surface area (Å²) >= 11 is 0. The highest BCUT2D eigenvalue weighted by atomic mass is 16.5. The summed E-state index contributed by atoms with van der Waals surface area (Å²) in [5.74, 6) is -1.08. The summed E-state index contributed by atoms with van der Waals surface area (Å²) in [4.78, 5) is 36.0. The van der Waals surface area contributed by atoms with E-state index in [1.807, 2.05) is 58.0 Å². The van der Waals surface area contributed by atoms with Crippen LogP contribution in [0.2, 0.25) is 0 Å². The molecular formula is C22H25NO4. The Bertz CT molecular complexity index is 850. The number of anilines is 1. The number of amides is 1. The predicted molar refractivity (Wildman–Crippen MR) is 105 cm³/mol. The number of nitrogens with one attached hydrogen (secondary N) is 1. The summed E-state index contributed by atoms with van der Waals surface area (Å²) < 4.78 is 4.98. The molecule has 0 aliphatic rings. The molecule has 0 bridgehead atoms. The fraction of sp³-hybridized carbons (Fsp3) is 0.318. The number of esters is 1. The summed E-state index contributed by atoms with van der Waals surface area (Å²) in [6.07, 6.45) is 0.00227. The van der Waals surface area contributed by atoms with Crippen molar-refractivity contribution in [3.63, 3.8) is 0 Å². The standard InChI is InChI=1S/C22H25NO4/c1-14-8-9-18(12-17(14)4)19(24)10-11-21(26)27-13-20(25)23-22-15(2)6-5-7-16(22)3/h5-9,12H,10-11,13H2,1-4H3,(H,23,25). The molecular weight excluding hydrogens is 342 g/mol. The SMILES string of the molecule is Cc1ccc(C(=O)CCC(=O)OCC(=O)Nc2c(C)cccc2C)cc1C. The number of para-hydroxylation sites is 1. The van der Waals surface area contributed by atoms with E-state index in [1.165, 1.54) is 0 Å². The smallest absolute Gasteiger partial charge is 0.306 e. The monoisotopic (exact) mass is 367 g/mol. The highest BCUT2D eigenvalue weighted by Gasteiger charge is 2.13. The third kappa shape index (κ3) is 5.78. The van der Waals surface area contributed by atoms with Crippen molar-refractivity contribution < 1.29 is 19.1 Å². The van der Waals surface area contributed by atoms with Gasteiger partial charge in [0.25, 0.3) is 5.91 Å². The van der Waals surface area contributed by atoms with Crippen LogP contribution in [0.1, 0.15) is 45.5 Å². The van der Waals surface area contributed by atoms with E-state index in [2.05, 4.69) is 5.32 Å². The largest absolute Gasteiger partial charge is 0.456 e. The molecule has 2 aromatic carbocycles. The van der Waals surface area contributed by atoms with E-state index in [1.54, 1.807) is 6.07 Å². The van der Waals surface area contributed by atoms with Gasteiger partial charge in [-0.1, -0.05) is 30.3 Å². The maximum atomic E-state index is 12.2. The molecule has 0 atom stereocenters. The van der Waals surface area contributed by atoms with Gasteiger partial charge in [-0.25, -0.2) is 0 Å². The van der Waals surface area contributed by atoms with Crippen molar-refractivity contribution in [1.29, 1.82) is 0 Å². The minimum absolute atomic E-state index is 0.0531. The van der Waals surface area contributed by atoms with E-state index in [4.69, 9.17) is 4.74 Å². The Morgan fingerprint density at radius 3 is 2.15 bits per heavy atom. The molecule has 0 saturated carbocycles. The molecule has 5 nitrogen and oxygen atoms in total. The lowest BCUT2D eigenvalue weighted by Crippen LogP contribution is -2.22. The average Bonchev–Trinajstić information content (AvgIpc) is 2.63. The lowest BCUT2D eigenvalue weighted by molar-refractivity contribution is -0.147. The number of ketones is 1. The molecule has 2 rings (SSSR count). The highest BCUT2D eigenvalue weighted by molar-refractivity contribution is 5.98. The van der Waals surface area contributed by atoms with Crippen LogP contribution in [0.25, 0.3) is 0 Å². The molecule has 1 amide bonds. The summed E-state index contributed by atoms with van der Waals surface area (Å²) in [5, 5.41) is 2.75. The Balaban J connectivity index is 1.79. The first-order valence-electron chi connectivity index (χ1n) is 8.90. The number of carbonyl (C=O) groups excluding carboxylic acids is 3. The maximum absolute atomic E-state index is 12.2. The van der Waals surface area contributed by atoms with Crippen LogP contribution in [0.15, 0.2) is 36.4 Å². The summed E-state index contributed by atoms with van der Waals surface area (Å²) in [6.45, 7) is 7.34. The molecule has 0 radical (unpaired) electrons. The molecule has 0 aliphatic heterocycles. The maximum Gasteiger partial charge on any atom is 0.306 e. The third-order valence-electron chi connectivity index (χ3n) is 4.49. The zero-order valence-corrected chi connectivity index (χ0v) is 16.2. The van der Waals surface area contributed by atoms with Crippen molar-refractivity contribution in [3.8, 4) is 0 Å². The lowest BCUT2D eigenvalue weighted by atomic mass is 10.0. The molecule has 0 fully saturated rings. The first-order chi connectivity index (χ1) is 12.8. The van der Waals surface area contributed by atoms with Crippen molar-refractivity contribution in [2.75, 3.05) is 11.9 Å². The first-order valence-corrected chi connectivity index (χ1v) is 8.90. The van der Waals surface area contributed by atoms with Gasteiger partial charge in [-0.3, -0.25) is 14.4 Å². The average molecular weight is 367 g/mol. The fourth-order valence-corrected chi connectivity index (χ4v) is 2.68. The first kappa shape index (κ1) is 20.4. The minimum Gasteiger partial charge on any atom is -0.456 e. The normalized spacial score (nSPS) is 10.4. The van der Waals surface area contributed by atoms with Gasteiger partial charge in [-0.05, 0) is 56.0 Å². The van der Waals surface area contributed by atoms with Gasteiger partial charge in [0.15, 0.2) is 12.4 Å². The molecule has 0 aromatic heterocycles. The van der Waals surface area contributed by atoms with Crippen LogP contribution in [0.5, 0.6) is 0 Å². The van der Waals surface area contributed by atoms with Crippen molar-refractivity contribution in [2.45, 2.75) is 40.5 Å². The van der Waals surface area contributed by atoms with Crippen molar-refractivity contribution >= 4 is 23.3 Å². The van der Waals surface area contributed by atoms with Crippen molar-refractivity contribution in [2.24, 2.45) is 0 Å². The van der Waals surface area contributed by atoms with Gasteiger partial charge in [0.05, 0.1) is 6.42 Å². The summed E-state index contributed by atoms with van der Waals surface area (Å²) in [6, 6.07) is 11.2. The zero-order valence-electron chi connectivity index (χ0n) is 16.2. The third-order valence-corrected chi connectivity index (χ3v) is 4.49. The molecule has 0 heterocycles. The van der Waals surface area contributed by atoms with Gasteiger partial charge in [0.2, 0.25) is 0 Å². The number of carbonyl (C=O) groups is 3. The van der Waals surface area contributed by atoms with Crippen molar-refractivity contribution in [1.82, 2.24) is 0 Å². The minimum atomic E-state index is -0.566. The molecule has 2 aromatic rings. The Labute approximate surface area is 159 Å². The quantitative estimate of drug-likeness (QED) is 0.591. The Morgan fingerprint density at radius 1 is 0.852 bits per heavy atom. The van der Waals surface area contributed by atoms with Gasteiger partial charge in [-0.2, -0.15) is 0 Å². The molecule has 5 heteroatoms. The summed E-state index contributed by atoms with van der Waals surface area (Å²) in [7, 11) is 0. The molecule has 0 unspecified atom stereocenters. The van der Waals surface area contributed by atoms with Crippen LogP contribution in [0.3, 0.4) is 0 Å². The number of Topliss-reactive ketones (excluding diaryl/α,β-unsaturated/α-hetero) is 1. The second kappa shape index (κ2) is 9.12. The Kier molecular flexibility index (Phi) is 6.88. The number of benzene rings is 2. The van der Waals surface area contributed by atoms with Crippen LogP contribution >= 0.6 is 0 Å².